The van der Waals surface area contributed by atoms with Crippen molar-refractivity contribution in [3.05, 3.63) is 0 Å². The Labute approximate surface area is 92.1 Å². The molecule has 0 bridgehead atoms. The third kappa shape index (κ3) is 2.26. The number of carbonyl (C=O) groups is 1. The molecule has 5 nitrogen and oxygen atoms in total. The van der Waals surface area contributed by atoms with E-state index in [0.717, 1.165) is 0 Å². The highest BCUT2D eigenvalue weighted by molar-refractivity contribution is 8.13. The molecule has 15 heavy (non-hydrogen) atoms. The molecule has 86 valence electrons. The van der Waals surface area contributed by atoms with Gasteiger partial charge in [0.15, 0.2) is 0 Å². The largest absolute Gasteiger partial charge is 0.461 e. The highest BCUT2D eigenvalue weighted by atomic mass is 35.7. The summed E-state index contributed by atoms with van der Waals surface area (Å²) >= 11 is 0. The third-order valence-electron chi connectivity index (χ3n) is 2.94. The molecule has 2 saturated heterocycles. The Kier molecular flexibility index (Phi) is 2.68. The van der Waals surface area contributed by atoms with E-state index in [-0.39, 0.29) is 18.1 Å². The van der Waals surface area contributed by atoms with Gasteiger partial charge < -0.3 is 9.47 Å². The van der Waals surface area contributed by atoms with Crippen molar-refractivity contribution >= 4 is 25.7 Å². The number of esters is 1. The van der Waals surface area contributed by atoms with Crippen molar-refractivity contribution in [2.24, 2.45) is 5.41 Å². The van der Waals surface area contributed by atoms with E-state index in [1.165, 1.54) is 0 Å². The van der Waals surface area contributed by atoms with Gasteiger partial charge in [-0.2, -0.15) is 0 Å². The highest BCUT2D eigenvalue weighted by Gasteiger charge is 2.52. The fourth-order valence-corrected chi connectivity index (χ4v) is 3.26. The number of halogens is 1. The Morgan fingerprint density at radius 3 is 2.80 bits per heavy atom. The Morgan fingerprint density at radius 2 is 2.27 bits per heavy atom. The van der Waals surface area contributed by atoms with Crippen LogP contribution in [0.5, 0.6) is 0 Å². The molecular formula is C8H11ClO5S. The van der Waals surface area contributed by atoms with Crippen LogP contribution in [0.25, 0.3) is 0 Å². The van der Waals surface area contributed by atoms with Crippen LogP contribution < -0.4 is 0 Å². The Bertz CT molecular complexity index is 370. The normalized spacial score (nSPS) is 36.1. The van der Waals surface area contributed by atoms with Gasteiger partial charge in [-0.1, -0.05) is 0 Å². The molecule has 0 aliphatic carbocycles. The number of hydrogen-bond acceptors (Lipinski definition) is 5. The second kappa shape index (κ2) is 3.61. The van der Waals surface area contributed by atoms with Crippen LogP contribution >= 0.6 is 10.7 Å². The smallest absolute Gasteiger partial charge is 0.306 e. The molecule has 0 amide bonds. The first kappa shape index (κ1) is 11.2. The van der Waals surface area contributed by atoms with Crippen LogP contribution in [0.3, 0.4) is 0 Å². The zero-order valence-corrected chi connectivity index (χ0v) is 9.51. The molecule has 2 rings (SSSR count). The second-order valence-electron chi connectivity index (χ2n) is 4.03. The lowest BCUT2D eigenvalue weighted by Gasteiger charge is -2.24. The van der Waals surface area contributed by atoms with Gasteiger partial charge in [-0.15, -0.1) is 0 Å². The lowest BCUT2D eigenvalue weighted by molar-refractivity contribution is -0.140. The van der Waals surface area contributed by atoms with Crippen molar-refractivity contribution in [1.82, 2.24) is 0 Å². The van der Waals surface area contributed by atoms with Crippen molar-refractivity contribution in [3.8, 4) is 0 Å². The minimum absolute atomic E-state index is 0.226. The molecule has 2 unspecified atom stereocenters. The molecule has 0 aromatic heterocycles. The van der Waals surface area contributed by atoms with Crippen LogP contribution in [0.15, 0.2) is 0 Å². The topological polar surface area (TPSA) is 69.7 Å². The number of cyclic esters (lactones) is 1. The van der Waals surface area contributed by atoms with E-state index in [1.807, 2.05) is 0 Å². The summed E-state index contributed by atoms with van der Waals surface area (Å²) in [4.78, 5) is 11.2. The first-order valence-electron chi connectivity index (χ1n) is 4.61. The van der Waals surface area contributed by atoms with Gasteiger partial charge in [-0.3, -0.25) is 4.79 Å². The lowest BCUT2D eigenvalue weighted by atomic mass is 9.81. The van der Waals surface area contributed by atoms with Crippen molar-refractivity contribution in [3.63, 3.8) is 0 Å². The SMILES string of the molecule is O=C1CC2(CCOC2)C(CS(=O)(=O)Cl)O1. The maximum atomic E-state index is 11.2. The highest BCUT2D eigenvalue weighted by Crippen LogP contribution is 2.43. The molecule has 0 aromatic carbocycles. The monoisotopic (exact) mass is 254 g/mol. The number of carbonyl (C=O) groups excluding carboxylic acids is 1. The van der Waals surface area contributed by atoms with E-state index >= 15 is 0 Å². The quantitative estimate of drug-likeness (QED) is 0.523. The summed E-state index contributed by atoms with van der Waals surface area (Å²) in [7, 11) is 1.51. The fourth-order valence-electron chi connectivity index (χ4n) is 2.13. The van der Waals surface area contributed by atoms with Crippen LogP contribution in [-0.2, 0) is 23.3 Å². The molecule has 2 heterocycles. The predicted molar refractivity (Wildman–Crippen MR) is 52.0 cm³/mol. The minimum Gasteiger partial charge on any atom is -0.461 e. The molecule has 7 heteroatoms. The molecule has 0 radical (unpaired) electrons. The van der Waals surface area contributed by atoms with Crippen LogP contribution in [-0.4, -0.2) is 39.5 Å². The standard InChI is InChI=1S/C8H11ClO5S/c9-15(11,12)4-6-8(1-2-13-5-8)3-7(10)14-6/h6H,1-5H2. The van der Waals surface area contributed by atoms with Gasteiger partial charge in [0.25, 0.3) is 0 Å². The van der Waals surface area contributed by atoms with Gasteiger partial charge in [0.1, 0.15) is 11.9 Å². The second-order valence-corrected chi connectivity index (χ2v) is 6.85. The van der Waals surface area contributed by atoms with E-state index in [1.54, 1.807) is 0 Å². The number of ether oxygens (including phenoxy) is 2. The summed E-state index contributed by atoms with van der Waals surface area (Å²) in [6.07, 6.45) is 0.217. The molecule has 0 aromatic rings. The predicted octanol–water partition coefficient (Wildman–Crippen LogP) is 0.277. The van der Waals surface area contributed by atoms with E-state index in [9.17, 15) is 13.2 Å². The van der Waals surface area contributed by atoms with Gasteiger partial charge in [0, 0.05) is 22.7 Å². The van der Waals surface area contributed by atoms with E-state index in [2.05, 4.69) is 0 Å². The maximum absolute atomic E-state index is 11.2. The molecule has 2 aliphatic heterocycles. The van der Waals surface area contributed by atoms with Crippen LogP contribution in [0.4, 0.5) is 0 Å². The minimum atomic E-state index is -3.65. The van der Waals surface area contributed by atoms with Crippen LogP contribution in [0.1, 0.15) is 12.8 Å². The number of hydrogen-bond donors (Lipinski definition) is 0. The lowest BCUT2D eigenvalue weighted by Crippen LogP contribution is -2.35. The Morgan fingerprint density at radius 1 is 1.53 bits per heavy atom. The molecular weight excluding hydrogens is 244 g/mol. The van der Waals surface area contributed by atoms with Gasteiger partial charge in [0.05, 0.1) is 13.0 Å². The number of rotatable bonds is 2. The molecule has 0 saturated carbocycles. The van der Waals surface area contributed by atoms with Crippen LogP contribution in [0.2, 0.25) is 0 Å². The third-order valence-corrected chi connectivity index (χ3v) is 4.02. The van der Waals surface area contributed by atoms with Gasteiger partial charge in [-0.05, 0) is 6.42 Å². The average Bonchev–Trinajstić information content (AvgIpc) is 2.59. The summed E-state index contributed by atoms with van der Waals surface area (Å²) in [5.74, 6) is -0.699. The fraction of sp³-hybridized carbons (Fsp3) is 0.875. The first-order chi connectivity index (χ1) is 6.91. The van der Waals surface area contributed by atoms with Gasteiger partial charge in [0.2, 0.25) is 9.05 Å². The Balaban J connectivity index is 2.19. The van der Waals surface area contributed by atoms with E-state index < -0.39 is 20.6 Å². The van der Waals surface area contributed by atoms with Crippen molar-refractivity contribution in [2.75, 3.05) is 19.0 Å². The van der Waals surface area contributed by atoms with Crippen LogP contribution in [0, 0.1) is 5.41 Å². The first-order valence-corrected chi connectivity index (χ1v) is 7.09. The van der Waals surface area contributed by atoms with Crippen molar-refractivity contribution in [2.45, 2.75) is 18.9 Å². The summed E-state index contributed by atoms with van der Waals surface area (Å²) in [6, 6.07) is 0. The summed E-state index contributed by atoms with van der Waals surface area (Å²) < 4.78 is 32.1. The van der Waals surface area contributed by atoms with Crippen molar-refractivity contribution in [1.29, 1.82) is 0 Å². The molecule has 0 N–H and O–H groups in total. The molecule has 2 fully saturated rings. The van der Waals surface area contributed by atoms with Gasteiger partial charge >= 0.3 is 5.97 Å². The summed E-state index contributed by atoms with van der Waals surface area (Å²) in [5.41, 5.74) is -0.473. The van der Waals surface area contributed by atoms with Gasteiger partial charge in [-0.25, -0.2) is 8.42 Å². The zero-order valence-electron chi connectivity index (χ0n) is 7.94. The van der Waals surface area contributed by atoms with Crippen molar-refractivity contribution < 1.29 is 22.7 Å². The van der Waals surface area contributed by atoms with E-state index in [4.69, 9.17) is 20.2 Å². The molecule has 2 atom stereocenters. The zero-order chi connectivity index (χ0) is 11.1. The Hall–Kier alpha value is -0.330. The summed E-state index contributed by atoms with van der Waals surface area (Å²) in [5, 5.41) is 0. The average molecular weight is 255 g/mol. The summed E-state index contributed by atoms with van der Waals surface area (Å²) in [6.45, 7) is 0.908. The molecule has 2 aliphatic rings. The maximum Gasteiger partial charge on any atom is 0.306 e. The van der Waals surface area contributed by atoms with E-state index in [0.29, 0.717) is 19.6 Å². The molecule has 1 spiro atoms.